The Morgan fingerprint density at radius 2 is 1.38 bits per heavy atom. The van der Waals surface area contributed by atoms with Crippen LogP contribution >= 0.6 is 23.2 Å². The largest absolute Gasteiger partial charge is 0.142 e. The molecule has 0 amide bonds. The van der Waals surface area contributed by atoms with E-state index >= 15 is 0 Å². The van der Waals surface area contributed by atoms with E-state index in [1.807, 2.05) is 0 Å². The summed E-state index contributed by atoms with van der Waals surface area (Å²) in [5.74, 6) is 0. The highest BCUT2D eigenvalue weighted by Gasteiger charge is 2.03. The van der Waals surface area contributed by atoms with Gasteiger partial charge >= 0.3 is 0 Å². The molecule has 0 spiro atoms. The van der Waals surface area contributed by atoms with Gasteiger partial charge in [0.25, 0.3) is 0 Å². The molecular formula is C4H4Cl2N2. The first kappa shape index (κ1) is 6.05. The molecule has 4 heteroatoms. The van der Waals surface area contributed by atoms with Gasteiger partial charge in [-0.3, -0.25) is 0 Å². The van der Waals surface area contributed by atoms with Crippen LogP contribution in [0.3, 0.4) is 0 Å². The van der Waals surface area contributed by atoms with Gasteiger partial charge in [-0.05, 0) is 0 Å². The molecule has 8 heavy (non-hydrogen) atoms. The van der Waals surface area contributed by atoms with Gasteiger partial charge in [-0.2, -0.15) is 0 Å². The maximum Gasteiger partial charge on any atom is 0.129 e. The lowest BCUT2D eigenvalue weighted by Crippen LogP contribution is -1.98. The zero-order valence-corrected chi connectivity index (χ0v) is 5.58. The van der Waals surface area contributed by atoms with Crippen molar-refractivity contribution in [1.82, 2.24) is 0 Å². The van der Waals surface area contributed by atoms with Crippen molar-refractivity contribution in [2.75, 3.05) is 0 Å². The van der Waals surface area contributed by atoms with Gasteiger partial charge in [0, 0.05) is 12.8 Å². The van der Waals surface area contributed by atoms with Crippen LogP contribution in [0.1, 0.15) is 12.8 Å². The number of rotatable bonds is 0. The molecule has 0 bridgehead atoms. The van der Waals surface area contributed by atoms with E-state index in [4.69, 9.17) is 23.2 Å². The zero-order valence-electron chi connectivity index (χ0n) is 4.06. The third-order valence-electron chi connectivity index (χ3n) is 0.805. The van der Waals surface area contributed by atoms with Gasteiger partial charge in [0.1, 0.15) is 10.3 Å². The average molecular weight is 151 g/mol. The number of halogens is 2. The van der Waals surface area contributed by atoms with E-state index in [9.17, 15) is 0 Å². The van der Waals surface area contributed by atoms with E-state index in [0.29, 0.717) is 10.3 Å². The Labute approximate surface area is 57.2 Å². The predicted molar refractivity (Wildman–Crippen MR) is 35.8 cm³/mol. The molecule has 0 aromatic carbocycles. The highest BCUT2D eigenvalue weighted by Crippen LogP contribution is 2.08. The molecule has 0 atom stereocenters. The van der Waals surface area contributed by atoms with Crippen molar-refractivity contribution in [3.63, 3.8) is 0 Å². The normalized spacial score (nSPS) is 19.8. The van der Waals surface area contributed by atoms with Gasteiger partial charge in [-0.25, -0.2) is 0 Å². The van der Waals surface area contributed by atoms with E-state index in [-0.39, 0.29) is 0 Å². The van der Waals surface area contributed by atoms with Gasteiger partial charge in [0.2, 0.25) is 0 Å². The first-order valence-corrected chi connectivity index (χ1v) is 2.99. The summed E-state index contributed by atoms with van der Waals surface area (Å²) in [5.41, 5.74) is 0. The Kier molecular flexibility index (Phi) is 1.86. The van der Waals surface area contributed by atoms with Crippen LogP contribution in [0.25, 0.3) is 0 Å². The topological polar surface area (TPSA) is 24.7 Å². The molecule has 1 rings (SSSR count). The lowest BCUT2D eigenvalue weighted by Gasteiger charge is -1.99. The third kappa shape index (κ3) is 1.46. The molecule has 0 aromatic rings. The fourth-order valence-corrected chi connectivity index (χ4v) is 0.679. The summed E-state index contributed by atoms with van der Waals surface area (Å²) in [6, 6.07) is 0. The lowest BCUT2D eigenvalue weighted by atomic mass is 10.3. The Balaban J connectivity index is 2.65. The Morgan fingerprint density at radius 3 is 1.62 bits per heavy atom. The van der Waals surface area contributed by atoms with Crippen molar-refractivity contribution < 1.29 is 0 Å². The van der Waals surface area contributed by atoms with E-state index in [1.54, 1.807) is 0 Å². The maximum absolute atomic E-state index is 5.47. The molecule has 0 unspecified atom stereocenters. The smallest absolute Gasteiger partial charge is 0.129 e. The number of nitrogens with zero attached hydrogens (tertiary/aromatic N) is 2. The van der Waals surface area contributed by atoms with Crippen molar-refractivity contribution >= 4 is 33.5 Å². The molecule has 44 valence electrons. The molecule has 0 saturated carbocycles. The number of hydrogen-bond acceptors (Lipinski definition) is 2. The fraction of sp³-hybridized carbons (Fsp3) is 0.500. The van der Waals surface area contributed by atoms with Crippen molar-refractivity contribution in [2.45, 2.75) is 12.8 Å². The predicted octanol–water partition coefficient (Wildman–Crippen LogP) is 1.97. The molecule has 0 radical (unpaired) electrons. The molecule has 0 aromatic heterocycles. The minimum atomic E-state index is 0.536. The lowest BCUT2D eigenvalue weighted by molar-refractivity contribution is 1.07. The summed E-state index contributed by atoms with van der Waals surface area (Å²) < 4.78 is 0. The summed E-state index contributed by atoms with van der Waals surface area (Å²) in [7, 11) is 0. The summed E-state index contributed by atoms with van der Waals surface area (Å²) >= 11 is 10.9. The highest BCUT2D eigenvalue weighted by atomic mass is 35.5. The fourth-order valence-electron chi connectivity index (χ4n) is 0.415. The monoisotopic (exact) mass is 150 g/mol. The van der Waals surface area contributed by atoms with E-state index < -0.39 is 0 Å². The molecule has 0 N–H and O–H groups in total. The van der Waals surface area contributed by atoms with Crippen LogP contribution in [0.15, 0.2) is 10.2 Å². The summed E-state index contributed by atoms with van der Waals surface area (Å²) in [6.45, 7) is 0. The first-order chi connectivity index (χ1) is 3.79. The molecule has 1 aliphatic heterocycles. The van der Waals surface area contributed by atoms with Gasteiger partial charge in [0.05, 0.1) is 0 Å². The molecular weight excluding hydrogens is 147 g/mol. The van der Waals surface area contributed by atoms with Crippen LogP contribution in [0, 0.1) is 0 Å². The first-order valence-electron chi connectivity index (χ1n) is 2.23. The molecule has 0 aliphatic carbocycles. The Morgan fingerprint density at radius 1 is 1.00 bits per heavy atom. The van der Waals surface area contributed by atoms with Gasteiger partial charge in [-0.15, -0.1) is 10.2 Å². The van der Waals surface area contributed by atoms with E-state index in [0.717, 1.165) is 12.8 Å². The van der Waals surface area contributed by atoms with E-state index in [1.165, 1.54) is 0 Å². The minimum Gasteiger partial charge on any atom is -0.142 e. The molecule has 2 nitrogen and oxygen atoms in total. The van der Waals surface area contributed by atoms with Gasteiger partial charge < -0.3 is 0 Å². The highest BCUT2D eigenvalue weighted by molar-refractivity contribution is 6.69. The minimum absolute atomic E-state index is 0.536. The second-order valence-corrected chi connectivity index (χ2v) is 2.33. The van der Waals surface area contributed by atoms with Crippen LogP contribution < -0.4 is 0 Å². The van der Waals surface area contributed by atoms with Crippen LogP contribution in [0.2, 0.25) is 0 Å². The van der Waals surface area contributed by atoms with Crippen LogP contribution in [0.4, 0.5) is 0 Å². The SMILES string of the molecule is ClC1=NN=C(Cl)CC1. The summed E-state index contributed by atoms with van der Waals surface area (Å²) in [6.07, 6.45) is 1.45. The van der Waals surface area contributed by atoms with Gasteiger partial charge in [-0.1, -0.05) is 23.2 Å². The molecule has 1 aliphatic rings. The van der Waals surface area contributed by atoms with E-state index in [2.05, 4.69) is 10.2 Å². The summed E-state index contributed by atoms with van der Waals surface area (Å²) in [5, 5.41) is 8.17. The Hall–Kier alpha value is -0.0800. The molecule has 0 saturated heterocycles. The average Bonchev–Trinajstić information content (AvgIpc) is 1.77. The quantitative estimate of drug-likeness (QED) is 0.505. The standard InChI is InChI=1S/C4H4Cl2N2/c5-3-1-2-4(6)8-7-3/h1-2H2. The maximum atomic E-state index is 5.47. The second kappa shape index (κ2) is 2.46. The van der Waals surface area contributed by atoms with Crippen molar-refractivity contribution in [3.05, 3.63) is 0 Å². The summed E-state index contributed by atoms with van der Waals surface area (Å²) in [4.78, 5) is 0. The third-order valence-corrected chi connectivity index (χ3v) is 1.33. The number of hydrogen-bond donors (Lipinski definition) is 0. The van der Waals surface area contributed by atoms with Crippen molar-refractivity contribution in [3.8, 4) is 0 Å². The zero-order chi connectivity index (χ0) is 5.98. The molecule has 1 heterocycles. The van der Waals surface area contributed by atoms with Crippen LogP contribution in [-0.4, -0.2) is 10.3 Å². The second-order valence-electron chi connectivity index (χ2n) is 1.45. The Bertz CT molecular complexity index is 132. The van der Waals surface area contributed by atoms with Crippen LogP contribution in [-0.2, 0) is 0 Å². The van der Waals surface area contributed by atoms with Crippen LogP contribution in [0.5, 0.6) is 0 Å². The van der Waals surface area contributed by atoms with Crippen molar-refractivity contribution in [2.24, 2.45) is 10.2 Å². The van der Waals surface area contributed by atoms with Gasteiger partial charge in [0.15, 0.2) is 0 Å². The molecule has 0 fully saturated rings. The van der Waals surface area contributed by atoms with Crippen molar-refractivity contribution in [1.29, 1.82) is 0 Å².